The second-order valence-electron chi connectivity index (χ2n) is 8.30. The highest BCUT2D eigenvalue weighted by molar-refractivity contribution is 7.92. The van der Waals surface area contributed by atoms with E-state index < -0.39 is 39.4 Å². The molecule has 9 heteroatoms. The number of carbonyl (C=O) groups excluding carboxylic acids is 2. The third-order valence-electron chi connectivity index (χ3n) is 4.70. The molecule has 1 atom stereocenters. The summed E-state index contributed by atoms with van der Waals surface area (Å²) in [5.74, 6) is -1.66. The molecule has 1 saturated heterocycles. The van der Waals surface area contributed by atoms with Gasteiger partial charge in [-0.1, -0.05) is 18.2 Å². The van der Waals surface area contributed by atoms with Crippen LogP contribution in [0.15, 0.2) is 53.4 Å². The highest BCUT2D eigenvalue weighted by Crippen LogP contribution is 2.25. The molecular formula is C22H25FN2O5S. The average molecular weight is 449 g/mol. The number of sulfonamides is 1. The van der Waals surface area contributed by atoms with E-state index in [9.17, 15) is 22.4 Å². The number of benzene rings is 2. The number of hydrogen-bond donors (Lipinski definition) is 1. The Labute approximate surface area is 181 Å². The Morgan fingerprint density at radius 1 is 1.13 bits per heavy atom. The smallest absolute Gasteiger partial charge is 0.329 e. The zero-order valence-electron chi connectivity index (χ0n) is 17.6. The largest absolute Gasteiger partial charge is 0.458 e. The number of anilines is 1. The van der Waals surface area contributed by atoms with Gasteiger partial charge in [0, 0.05) is 12.1 Å². The molecule has 0 unspecified atom stereocenters. The number of likely N-dealkylation sites (tertiary alicyclic amines) is 1. The van der Waals surface area contributed by atoms with Gasteiger partial charge in [0.15, 0.2) is 0 Å². The standard InChI is InChI=1S/C22H25FN2O5S/c1-22(2,3)30-21(27)19-12-7-13-25(19)20(26)15-8-6-9-16(14-15)31(28,29)24-18-11-5-4-10-17(18)23/h4-6,8-11,14,19,24H,7,12-13H2,1-3H3/t19-/m1/s1. The molecule has 1 aliphatic heterocycles. The van der Waals surface area contributed by atoms with Crippen molar-refractivity contribution in [1.82, 2.24) is 4.90 Å². The average Bonchev–Trinajstić information content (AvgIpc) is 3.18. The van der Waals surface area contributed by atoms with Crippen LogP contribution in [0.3, 0.4) is 0 Å². The van der Waals surface area contributed by atoms with Crippen LogP contribution in [-0.4, -0.2) is 43.4 Å². The number of amides is 1. The minimum Gasteiger partial charge on any atom is -0.458 e. The summed E-state index contributed by atoms with van der Waals surface area (Å²) < 4.78 is 46.9. The first-order valence-corrected chi connectivity index (χ1v) is 11.4. The predicted molar refractivity (Wildman–Crippen MR) is 114 cm³/mol. The first-order chi connectivity index (χ1) is 14.5. The van der Waals surface area contributed by atoms with Gasteiger partial charge in [0.05, 0.1) is 10.6 Å². The molecule has 1 heterocycles. The van der Waals surface area contributed by atoms with Crippen LogP contribution in [0.25, 0.3) is 0 Å². The van der Waals surface area contributed by atoms with E-state index >= 15 is 0 Å². The van der Waals surface area contributed by atoms with E-state index in [1.54, 1.807) is 20.8 Å². The number of esters is 1. The fraction of sp³-hybridized carbons (Fsp3) is 0.364. The van der Waals surface area contributed by atoms with Crippen LogP contribution in [0, 0.1) is 5.82 Å². The third-order valence-corrected chi connectivity index (χ3v) is 6.07. The predicted octanol–water partition coefficient (Wildman–Crippen LogP) is 3.57. The van der Waals surface area contributed by atoms with Crippen molar-refractivity contribution in [2.45, 2.75) is 50.2 Å². The summed E-state index contributed by atoms with van der Waals surface area (Å²) in [4.78, 5) is 26.8. The van der Waals surface area contributed by atoms with E-state index in [0.717, 1.165) is 6.07 Å². The van der Waals surface area contributed by atoms with Gasteiger partial charge in [0.1, 0.15) is 17.5 Å². The first-order valence-electron chi connectivity index (χ1n) is 9.89. The maximum atomic E-state index is 13.9. The summed E-state index contributed by atoms with van der Waals surface area (Å²) in [7, 11) is -4.12. The number of nitrogens with one attached hydrogen (secondary N) is 1. The molecule has 7 nitrogen and oxygen atoms in total. The van der Waals surface area contributed by atoms with Crippen LogP contribution in [0.1, 0.15) is 44.0 Å². The molecule has 31 heavy (non-hydrogen) atoms. The molecule has 1 amide bonds. The fourth-order valence-corrected chi connectivity index (χ4v) is 4.45. The number of carbonyl (C=O) groups is 2. The highest BCUT2D eigenvalue weighted by Gasteiger charge is 2.37. The second-order valence-corrected chi connectivity index (χ2v) is 9.99. The lowest BCUT2D eigenvalue weighted by Gasteiger charge is -2.27. The number of para-hydroxylation sites is 1. The van der Waals surface area contributed by atoms with Crippen molar-refractivity contribution >= 4 is 27.6 Å². The Morgan fingerprint density at radius 3 is 2.52 bits per heavy atom. The molecule has 2 aromatic rings. The summed E-state index contributed by atoms with van der Waals surface area (Å²) in [5.41, 5.74) is -0.753. The lowest BCUT2D eigenvalue weighted by molar-refractivity contribution is -0.159. The van der Waals surface area contributed by atoms with Gasteiger partial charge in [-0.05, 0) is 63.9 Å². The Morgan fingerprint density at radius 2 is 1.84 bits per heavy atom. The Bertz CT molecular complexity index is 1100. The molecule has 3 rings (SSSR count). The topological polar surface area (TPSA) is 92.8 Å². The second kappa shape index (κ2) is 8.66. The van der Waals surface area contributed by atoms with Crippen molar-refractivity contribution in [1.29, 1.82) is 0 Å². The van der Waals surface area contributed by atoms with Gasteiger partial charge in [-0.25, -0.2) is 17.6 Å². The summed E-state index contributed by atoms with van der Waals surface area (Å²) >= 11 is 0. The van der Waals surface area contributed by atoms with Crippen molar-refractivity contribution in [3.05, 3.63) is 59.9 Å². The summed E-state index contributed by atoms with van der Waals surface area (Å²) in [6.07, 6.45) is 1.12. The fourth-order valence-electron chi connectivity index (χ4n) is 3.33. The third kappa shape index (κ3) is 5.41. The lowest BCUT2D eigenvalue weighted by atomic mass is 10.1. The van der Waals surface area contributed by atoms with Crippen LogP contribution < -0.4 is 4.72 Å². The van der Waals surface area contributed by atoms with Crippen LogP contribution in [0.5, 0.6) is 0 Å². The van der Waals surface area contributed by atoms with Crippen molar-refractivity contribution in [3.63, 3.8) is 0 Å². The highest BCUT2D eigenvalue weighted by atomic mass is 32.2. The number of ether oxygens (including phenoxy) is 1. The van der Waals surface area contributed by atoms with Gasteiger partial charge in [-0.3, -0.25) is 9.52 Å². The molecule has 1 fully saturated rings. The number of nitrogens with zero attached hydrogens (tertiary/aromatic N) is 1. The lowest BCUT2D eigenvalue weighted by Crippen LogP contribution is -2.43. The van der Waals surface area contributed by atoms with E-state index in [4.69, 9.17) is 4.74 Å². The zero-order valence-corrected chi connectivity index (χ0v) is 18.4. The molecule has 1 aliphatic rings. The van der Waals surface area contributed by atoms with Crippen LogP contribution in [0.2, 0.25) is 0 Å². The monoisotopic (exact) mass is 448 g/mol. The summed E-state index contributed by atoms with van der Waals surface area (Å²) in [5, 5.41) is 0. The van der Waals surface area contributed by atoms with E-state index in [0.29, 0.717) is 19.4 Å². The van der Waals surface area contributed by atoms with Gasteiger partial charge in [-0.2, -0.15) is 0 Å². The van der Waals surface area contributed by atoms with Gasteiger partial charge < -0.3 is 9.64 Å². The van der Waals surface area contributed by atoms with Crippen LogP contribution >= 0.6 is 0 Å². The maximum absolute atomic E-state index is 13.9. The normalized spacial score (nSPS) is 16.8. The molecule has 0 bridgehead atoms. The minimum atomic E-state index is -4.12. The van der Waals surface area contributed by atoms with Gasteiger partial charge in [0.25, 0.3) is 15.9 Å². The zero-order chi connectivity index (χ0) is 22.8. The number of hydrogen-bond acceptors (Lipinski definition) is 5. The van der Waals surface area contributed by atoms with E-state index in [-0.39, 0.29) is 16.1 Å². The SMILES string of the molecule is CC(C)(C)OC(=O)[C@H]1CCCN1C(=O)c1cccc(S(=O)(=O)Nc2ccccc2F)c1. The molecular weight excluding hydrogens is 423 g/mol. The van der Waals surface area contributed by atoms with Crippen molar-refractivity contribution < 1.29 is 27.1 Å². The van der Waals surface area contributed by atoms with Crippen molar-refractivity contribution in [2.75, 3.05) is 11.3 Å². The molecule has 0 radical (unpaired) electrons. The van der Waals surface area contributed by atoms with E-state index in [1.807, 2.05) is 0 Å². The summed E-state index contributed by atoms with van der Waals surface area (Å²) in [6, 6.07) is 10.1. The molecule has 2 aromatic carbocycles. The molecule has 0 aromatic heterocycles. The molecule has 0 spiro atoms. The quantitative estimate of drug-likeness (QED) is 0.706. The van der Waals surface area contributed by atoms with Crippen LogP contribution in [-0.2, 0) is 19.6 Å². The van der Waals surface area contributed by atoms with Crippen molar-refractivity contribution in [2.24, 2.45) is 0 Å². The number of rotatable bonds is 5. The first kappa shape index (κ1) is 22.7. The Kier molecular flexibility index (Phi) is 6.35. The molecule has 0 saturated carbocycles. The number of halogens is 1. The van der Waals surface area contributed by atoms with Crippen molar-refractivity contribution in [3.8, 4) is 0 Å². The van der Waals surface area contributed by atoms with Gasteiger partial charge in [0.2, 0.25) is 0 Å². The molecule has 166 valence electrons. The molecule has 0 aliphatic carbocycles. The Balaban J connectivity index is 1.83. The van der Waals surface area contributed by atoms with Gasteiger partial charge >= 0.3 is 5.97 Å². The minimum absolute atomic E-state index is 0.117. The Hall–Kier alpha value is -2.94. The van der Waals surface area contributed by atoms with Gasteiger partial charge in [-0.15, -0.1) is 0 Å². The maximum Gasteiger partial charge on any atom is 0.329 e. The molecule has 1 N–H and O–H groups in total. The summed E-state index contributed by atoms with van der Waals surface area (Å²) in [6.45, 7) is 5.63. The van der Waals surface area contributed by atoms with E-state index in [1.165, 1.54) is 47.4 Å². The van der Waals surface area contributed by atoms with Crippen LogP contribution in [0.4, 0.5) is 10.1 Å². The van der Waals surface area contributed by atoms with E-state index in [2.05, 4.69) is 4.72 Å².